The smallest absolute Gasteiger partial charge is 0.305 e. The molecule has 0 radical (unpaired) electrons. The lowest BCUT2D eigenvalue weighted by molar-refractivity contribution is -0.143. The number of rotatable bonds is 22. The molecule has 0 saturated heterocycles. The van der Waals surface area contributed by atoms with Crippen LogP contribution in [0, 0.1) is 11.8 Å². The molecule has 0 spiro atoms. The van der Waals surface area contributed by atoms with Gasteiger partial charge in [0, 0.05) is 18.8 Å². The van der Waals surface area contributed by atoms with Gasteiger partial charge in [-0.2, -0.15) is 11.8 Å². The highest BCUT2D eigenvalue weighted by Crippen LogP contribution is 2.33. The maximum Gasteiger partial charge on any atom is 0.305 e. The summed E-state index contributed by atoms with van der Waals surface area (Å²) in [7, 11) is 0. The van der Waals surface area contributed by atoms with E-state index in [-0.39, 0.29) is 11.9 Å². The monoisotopic (exact) mass is 524 g/mol. The molecule has 1 fully saturated rings. The molecule has 0 aromatic heterocycles. The van der Waals surface area contributed by atoms with Crippen LogP contribution in [-0.4, -0.2) is 36.2 Å². The molecule has 0 aliphatic heterocycles. The van der Waals surface area contributed by atoms with Crippen LogP contribution in [-0.2, 0) is 19.1 Å². The molecule has 5 heteroatoms. The largest absolute Gasteiger partial charge is 0.466 e. The number of thioether (sulfide) groups is 1. The molecule has 1 aliphatic carbocycles. The van der Waals surface area contributed by atoms with E-state index in [1.165, 1.54) is 77.6 Å². The molecule has 0 amide bonds. The van der Waals surface area contributed by atoms with Gasteiger partial charge in [-0.15, -0.1) is 0 Å². The Balaban J connectivity index is 0.00000387. The Kier molecular flexibility index (Phi) is 26.1. The Morgan fingerprint density at radius 3 is 2.08 bits per heavy atom. The number of allylic oxidation sites excluding steroid dienone is 2. The lowest BCUT2D eigenvalue weighted by Crippen LogP contribution is -2.14. The molecule has 1 saturated carbocycles. The van der Waals surface area contributed by atoms with E-state index < -0.39 is 0 Å². The van der Waals surface area contributed by atoms with Gasteiger partial charge in [0.05, 0.1) is 6.61 Å². The molecule has 210 valence electrons. The van der Waals surface area contributed by atoms with Gasteiger partial charge in [-0.3, -0.25) is 9.59 Å². The van der Waals surface area contributed by atoms with Gasteiger partial charge in [-0.1, -0.05) is 96.6 Å². The molecule has 0 N–H and O–H groups in total. The predicted octanol–water partition coefficient (Wildman–Crippen LogP) is 8.90. The third-order valence-corrected chi connectivity index (χ3v) is 7.88. The van der Waals surface area contributed by atoms with Gasteiger partial charge >= 0.3 is 5.97 Å². The van der Waals surface area contributed by atoms with Crippen molar-refractivity contribution in [1.82, 2.24) is 0 Å². The number of carbonyl (C=O) groups excluding carboxylic acids is 3. The molecule has 1 rings (SSSR count). The van der Waals surface area contributed by atoms with E-state index in [1.807, 2.05) is 11.8 Å². The van der Waals surface area contributed by atoms with E-state index >= 15 is 0 Å². The number of ether oxygens (including phenoxy) is 1. The normalized spacial score (nSPS) is 17.2. The average molecular weight is 525 g/mol. The van der Waals surface area contributed by atoms with E-state index in [9.17, 15) is 9.59 Å². The fraction of sp³-hybridized carbons (Fsp3) is 0.839. The summed E-state index contributed by atoms with van der Waals surface area (Å²) in [4.78, 5) is 32.8. The van der Waals surface area contributed by atoms with Crippen LogP contribution in [0.25, 0.3) is 0 Å². The fourth-order valence-electron chi connectivity index (χ4n) is 4.68. The maximum absolute atomic E-state index is 12.1. The fourth-order valence-corrected chi connectivity index (χ4v) is 5.66. The van der Waals surface area contributed by atoms with Gasteiger partial charge in [0.25, 0.3) is 0 Å². The van der Waals surface area contributed by atoms with Crippen molar-refractivity contribution < 1.29 is 19.1 Å². The second-order valence-corrected chi connectivity index (χ2v) is 11.2. The Labute approximate surface area is 227 Å². The Morgan fingerprint density at radius 2 is 1.50 bits per heavy atom. The summed E-state index contributed by atoms with van der Waals surface area (Å²) in [5.74, 6) is 3.07. The van der Waals surface area contributed by atoms with Gasteiger partial charge in [0.15, 0.2) is 0 Å². The number of hydrogen-bond acceptors (Lipinski definition) is 5. The second-order valence-electron chi connectivity index (χ2n) is 9.96. The molecular formula is C31H56O4S. The quantitative estimate of drug-likeness (QED) is 0.0612. The average Bonchev–Trinajstić information content (AvgIpc) is 3.22. The minimum Gasteiger partial charge on any atom is -0.466 e. The molecule has 0 bridgehead atoms. The molecule has 0 aromatic carbocycles. The predicted molar refractivity (Wildman–Crippen MR) is 156 cm³/mol. The van der Waals surface area contributed by atoms with E-state index in [2.05, 4.69) is 26.0 Å². The third kappa shape index (κ3) is 21.0. The highest BCUT2D eigenvalue weighted by atomic mass is 32.2. The van der Waals surface area contributed by atoms with E-state index in [4.69, 9.17) is 9.53 Å². The number of esters is 1. The van der Waals surface area contributed by atoms with Gasteiger partial charge in [-0.25, -0.2) is 0 Å². The number of Topliss-reactive ketones (excluding diaryl/α,β-unsaturated/α-hetero) is 1. The van der Waals surface area contributed by atoms with Crippen LogP contribution in [0.3, 0.4) is 0 Å². The highest BCUT2D eigenvalue weighted by Gasteiger charge is 2.32. The molecule has 0 aromatic rings. The molecule has 36 heavy (non-hydrogen) atoms. The first kappa shape index (κ1) is 34.9. The van der Waals surface area contributed by atoms with Crippen molar-refractivity contribution in [3.05, 3.63) is 12.2 Å². The van der Waals surface area contributed by atoms with E-state index in [0.29, 0.717) is 24.7 Å². The van der Waals surface area contributed by atoms with Crippen molar-refractivity contribution in [2.75, 3.05) is 18.1 Å². The number of aldehydes is 1. The number of unbranched alkanes of at least 4 members (excludes halogenated alkanes) is 11. The summed E-state index contributed by atoms with van der Waals surface area (Å²) in [6.45, 7) is 6.44. The second kappa shape index (κ2) is 26.9. The molecule has 0 heterocycles. The van der Waals surface area contributed by atoms with Crippen molar-refractivity contribution >= 4 is 29.8 Å². The minimum atomic E-state index is -0.0468. The van der Waals surface area contributed by atoms with E-state index in [0.717, 1.165) is 56.3 Å². The summed E-state index contributed by atoms with van der Waals surface area (Å²) in [6, 6.07) is 0. The van der Waals surface area contributed by atoms with Crippen LogP contribution in [0.4, 0.5) is 0 Å². The Bertz CT molecular complexity index is 561. The molecule has 4 nitrogen and oxygen atoms in total. The van der Waals surface area contributed by atoms with Gasteiger partial charge < -0.3 is 9.53 Å². The van der Waals surface area contributed by atoms with Crippen LogP contribution in [0.5, 0.6) is 0 Å². The maximum atomic E-state index is 12.1. The first-order valence-electron chi connectivity index (χ1n) is 14.9. The van der Waals surface area contributed by atoms with Crippen molar-refractivity contribution in [2.45, 2.75) is 136 Å². The zero-order valence-electron chi connectivity index (χ0n) is 23.8. The summed E-state index contributed by atoms with van der Waals surface area (Å²) < 4.78 is 5.39. The topological polar surface area (TPSA) is 60.4 Å². The molecule has 1 aliphatic rings. The summed E-state index contributed by atoms with van der Waals surface area (Å²) >= 11 is 1.87. The van der Waals surface area contributed by atoms with Crippen molar-refractivity contribution in [3.63, 3.8) is 0 Å². The van der Waals surface area contributed by atoms with Crippen LogP contribution < -0.4 is 0 Å². The molecule has 2 atom stereocenters. The highest BCUT2D eigenvalue weighted by molar-refractivity contribution is 7.99. The van der Waals surface area contributed by atoms with Crippen LogP contribution >= 0.6 is 11.8 Å². The SMILES string of the molecule is CC/C=C/C1CCC(=O)C1CCSCCCC(=O)OCCCCCCCCCCCCCC.CC=O. The van der Waals surface area contributed by atoms with Gasteiger partial charge in [0.1, 0.15) is 12.1 Å². The first-order valence-corrected chi connectivity index (χ1v) is 16.1. The Hall–Kier alpha value is -1.10. The molecular weight excluding hydrogens is 468 g/mol. The number of carbonyl (C=O) groups is 3. The zero-order valence-corrected chi connectivity index (χ0v) is 24.6. The summed E-state index contributed by atoms with van der Waals surface area (Å²) in [6.07, 6.45) is 26.3. The summed E-state index contributed by atoms with van der Waals surface area (Å²) in [5.41, 5.74) is 0. The Morgan fingerprint density at radius 1 is 0.917 bits per heavy atom. The number of hydrogen-bond donors (Lipinski definition) is 0. The summed E-state index contributed by atoms with van der Waals surface area (Å²) in [5, 5.41) is 0. The standard InChI is InChI=1S/C29H52O3S.C2H4O/c1-3-5-7-8-9-10-11-12-13-14-15-16-23-32-29(31)19-17-24-33-25-22-27-26(18-6-4-2)20-21-28(27)30;1-2-3/h6,18,26-27H,3-5,7-17,19-25H2,1-2H3;2H,1H3/b18-6+;. The van der Waals surface area contributed by atoms with Crippen LogP contribution in [0.1, 0.15) is 136 Å². The van der Waals surface area contributed by atoms with Crippen LogP contribution in [0.15, 0.2) is 12.2 Å². The molecule has 2 unspecified atom stereocenters. The van der Waals surface area contributed by atoms with Crippen LogP contribution in [0.2, 0.25) is 0 Å². The lowest BCUT2D eigenvalue weighted by atomic mass is 9.92. The minimum absolute atomic E-state index is 0.0468. The third-order valence-electron chi connectivity index (χ3n) is 6.78. The number of ketones is 1. The first-order chi connectivity index (χ1) is 17.6. The zero-order chi connectivity index (χ0) is 26.7. The lowest BCUT2D eigenvalue weighted by Gasteiger charge is -2.14. The van der Waals surface area contributed by atoms with Crippen molar-refractivity contribution in [1.29, 1.82) is 0 Å². The van der Waals surface area contributed by atoms with Gasteiger partial charge in [-0.05, 0) is 56.5 Å². The van der Waals surface area contributed by atoms with Gasteiger partial charge in [0.2, 0.25) is 0 Å². The van der Waals surface area contributed by atoms with Crippen molar-refractivity contribution in [3.8, 4) is 0 Å². The van der Waals surface area contributed by atoms with Crippen molar-refractivity contribution in [2.24, 2.45) is 11.8 Å². The van der Waals surface area contributed by atoms with E-state index in [1.54, 1.807) is 0 Å².